The second-order valence-corrected chi connectivity index (χ2v) is 5.11. The molecule has 0 radical (unpaired) electrons. The van der Waals surface area contributed by atoms with Crippen LogP contribution in [0.1, 0.15) is 46.5 Å². The first-order valence-electron chi connectivity index (χ1n) is 6.78. The number of nitrogens with zero attached hydrogens (tertiary/aromatic N) is 1. The highest BCUT2D eigenvalue weighted by Crippen LogP contribution is 2.23. The molecule has 1 aliphatic rings. The lowest BCUT2D eigenvalue weighted by atomic mass is 9.90. The molecule has 5 heteroatoms. The lowest BCUT2D eigenvalue weighted by Crippen LogP contribution is -2.48. The molecular formula is C13H25N3O2. The van der Waals surface area contributed by atoms with Crippen LogP contribution in [0.25, 0.3) is 0 Å². The van der Waals surface area contributed by atoms with Gasteiger partial charge in [0.2, 0.25) is 11.8 Å². The highest BCUT2D eigenvalue weighted by molar-refractivity contribution is 5.81. The number of rotatable bonds is 4. The molecule has 5 nitrogen and oxygen atoms in total. The first-order chi connectivity index (χ1) is 8.45. The van der Waals surface area contributed by atoms with Crippen LogP contribution in [0.15, 0.2) is 0 Å². The molecule has 1 aliphatic carbocycles. The second-order valence-electron chi connectivity index (χ2n) is 5.11. The quantitative estimate of drug-likeness (QED) is 0.773. The van der Waals surface area contributed by atoms with Crippen molar-refractivity contribution in [1.82, 2.24) is 10.2 Å². The Labute approximate surface area is 109 Å². The molecule has 1 fully saturated rings. The summed E-state index contributed by atoms with van der Waals surface area (Å²) in [6, 6.07) is 0.0912. The van der Waals surface area contributed by atoms with Crippen molar-refractivity contribution in [1.29, 1.82) is 0 Å². The van der Waals surface area contributed by atoms with Gasteiger partial charge in [-0.3, -0.25) is 9.59 Å². The molecule has 0 aliphatic heterocycles. The fraction of sp³-hybridized carbons (Fsp3) is 0.846. The van der Waals surface area contributed by atoms with Crippen molar-refractivity contribution >= 4 is 11.8 Å². The molecule has 18 heavy (non-hydrogen) atoms. The molecule has 0 saturated heterocycles. The van der Waals surface area contributed by atoms with Gasteiger partial charge in [-0.1, -0.05) is 0 Å². The molecule has 1 saturated carbocycles. The zero-order valence-corrected chi connectivity index (χ0v) is 11.6. The van der Waals surface area contributed by atoms with Gasteiger partial charge in [0.15, 0.2) is 0 Å². The third-order valence-corrected chi connectivity index (χ3v) is 3.64. The van der Waals surface area contributed by atoms with Crippen LogP contribution in [-0.2, 0) is 9.59 Å². The van der Waals surface area contributed by atoms with Gasteiger partial charge in [-0.15, -0.1) is 0 Å². The van der Waals surface area contributed by atoms with Gasteiger partial charge in [-0.25, -0.2) is 0 Å². The van der Waals surface area contributed by atoms with Crippen LogP contribution in [0.4, 0.5) is 0 Å². The van der Waals surface area contributed by atoms with Crippen LogP contribution in [0.3, 0.4) is 0 Å². The molecule has 0 spiro atoms. The summed E-state index contributed by atoms with van der Waals surface area (Å²) in [7, 11) is 0. The van der Waals surface area contributed by atoms with E-state index >= 15 is 0 Å². The molecule has 0 aromatic heterocycles. The molecule has 1 rings (SSSR count). The summed E-state index contributed by atoms with van der Waals surface area (Å²) < 4.78 is 0. The molecule has 0 heterocycles. The number of nitrogens with two attached hydrogens (primary N) is 1. The molecule has 0 aromatic carbocycles. The van der Waals surface area contributed by atoms with Crippen molar-refractivity contribution in [3.8, 4) is 0 Å². The summed E-state index contributed by atoms with van der Waals surface area (Å²) in [5.74, 6) is 0.0536. The normalized spacial score (nSPS) is 25.3. The Morgan fingerprint density at radius 2 is 1.89 bits per heavy atom. The van der Waals surface area contributed by atoms with Crippen LogP contribution in [0, 0.1) is 0 Å². The topological polar surface area (TPSA) is 75.4 Å². The van der Waals surface area contributed by atoms with Gasteiger partial charge in [0.05, 0.1) is 6.04 Å². The van der Waals surface area contributed by atoms with Crippen molar-refractivity contribution < 1.29 is 9.59 Å². The van der Waals surface area contributed by atoms with E-state index in [1.807, 2.05) is 11.8 Å². The highest BCUT2D eigenvalue weighted by Gasteiger charge is 2.27. The Balaban J connectivity index is 2.41. The van der Waals surface area contributed by atoms with Crippen LogP contribution < -0.4 is 11.1 Å². The third kappa shape index (κ3) is 3.98. The molecule has 0 bridgehead atoms. The van der Waals surface area contributed by atoms with Gasteiger partial charge >= 0.3 is 0 Å². The van der Waals surface area contributed by atoms with E-state index in [-0.39, 0.29) is 17.9 Å². The van der Waals surface area contributed by atoms with Crippen LogP contribution in [0.2, 0.25) is 0 Å². The minimum Gasteiger partial charge on any atom is -0.352 e. The van der Waals surface area contributed by atoms with Gasteiger partial charge in [-0.2, -0.15) is 0 Å². The predicted octanol–water partition coefficient (Wildman–Crippen LogP) is 0.629. The monoisotopic (exact) mass is 255 g/mol. The maximum atomic E-state index is 11.5. The van der Waals surface area contributed by atoms with E-state index in [4.69, 9.17) is 5.73 Å². The standard InChI is InChI=1S/C13H25N3O2/c1-4-16(10(3)17)12-7-5-11(6-8-12)15-13(18)9(2)14/h9,11-12H,4-8,14H2,1-3H3,(H,15,18)/t9-,11?,12?/m0/s1. The maximum Gasteiger partial charge on any atom is 0.236 e. The van der Waals surface area contributed by atoms with E-state index in [1.165, 1.54) is 0 Å². The Morgan fingerprint density at radius 1 is 1.33 bits per heavy atom. The van der Waals surface area contributed by atoms with Crippen LogP contribution >= 0.6 is 0 Å². The Kier molecular flexibility index (Phi) is 5.59. The summed E-state index contributed by atoms with van der Waals surface area (Å²) in [6.07, 6.45) is 3.76. The van der Waals surface area contributed by atoms with E-state index in [9.17, 15) is 9.59 Å². The zero-order valence-electron chi connectivity index (χ0n) is 11.6. The number of carbonyl (C=O) groups is 2. The third-order valence-electron chi connectivity index (χ3n) is 3.64. The minimum absolute atomic E-state index is 0.0858. The molecule has 1 atom stereocenters. The molecule has 104 valence electrons. The first-order valence-corrected chi connectivity index (χ1v) is 6.78. The molecule has 0 aromatic rings. The van der Waals surface area contributed by atoms with Crippen LogP contribution in [0.5, 0.6) is 0 Å². The smallest absolute Gasteiger partial charge is 0.236 e. The van der Waals surface area contributed by atoms with Gasteiger partial charge in [0.1, 0.15) is 0 Å². The summed E-state index contributed by atoms with van der Waals surface area (Å²) >= 11 is 0. The predicted molar refractivity (Wildman–Crippen MR) is 70.9 cm³/mol. The summed E-state index contributed by atoms with van der Waals surface area (Å²) in [4.78, 5) is 24.9. The van der Waals surface area contributed by atoms with Crippen molar-refractivity contribution in [3.63, 3.8) is 0 Å². The second kappa shape index (κ2) is 6.73. The summed E-state index contributed by atoms with van der Waals surface area (Å²) in [6.45, 7) is 6.07. The average Bonchev–Trinajstić information content (AvgIpc) is 2.31. The van der Waals surface area contributed by atoms with Crippen molar-refractivity contribution in [2.75, 3.05) is 6.54 Å². The van der Waals surface area contributed by atoms with E-state index < -0.39 is 6.04 Å². The minimum atomic E-state index is -0.452. The summed E-state index contributed by atoms with van der Waals surface area (Å²) in [5, 5.41) is 2.96. The number of hydrogen-bond acceptors (Lipinski definition) is 3. The number of hydrogen-bond donors (Lipinski definition) is 2. The van der Waals surface area contributed by atoms with E-state index in [0.29, 0.717) is 6.04 Å². The van der Waals surface area contributed by atoms with E-state index in [2.05, 4.69) is 5.32 Å². The fourth-order valence-electron chi connectivity index (χ4n) is 2.60. The van der Waals surface area contributed by atoms with Gasteiger partial charge < -0.3 is 16.0 Å². The van der Waals surface area contributed by atoms with Gasteiger partial charge in [-0.05, 0) is 39.5 Å². The van der Waals surface area contributed by atoms with Crippen LogP contribution in [-0.4, -0.2) is 41.4 Å². The SMILES string of the molecule is CCN(C(C)=O)C1CCC(NC(=O)[C@H](C)N)CC1. The highest BCUT2D eigenvalue weighted by atomic mass is 16.2. The molecule has 2 amide bonds. The largest absolute Gasteiger partial charge is 0.352 e. The van der Waals surface area contributed by atoms with E-state index in [1.54, 1.807) is 13.8 Å². The maximum absolute atomic E-state index is 11.5. The zero-order chi connectivity index (χ0) is 13.7. The lowest BCUT2D eigenvalue weighted by molar-refractivity contribution is -0.132. The Bertz CT molecular complexity index is 297. The Hall–Kier alpha value is -1.10. The fourth-order valence-corrected chi connectivity index (χ4v) is 2.60. The number of amides is 2. The van der Waals surface area contributed by atoms with Crippen molar-refractivity contribution in [3.05, 3.63) is 0 Å². The first kappa shape index (κ1) is 15.0. The molecular weight excluding hydrogens is 230 g/mol. The lowest BCUT2D eigenvalue weighted by Gasteiger charge is -2.36. The van der Waals surface area contributed by atoms with Gasteiger partial charge in [0, 0.05) is 25.6 Å². The molecule has 3 N–H and O–H groups in total. The van der Waals surface area contributed by atoms with E-state index in [0.717, 1.165) is 32.2 Å². The van der Waals surface area contributed by atoms with Gasteiger partial charge in [0.25, 0.3) is 0 Å². The summed E-state index contributed by atoms with van der Waals surface area (Å²) in [5.41, 5.74) is 5.52. The number of nitrogens with one attached hydrogen (secondary N) is 1. The number of carbonyl (C=O) groups excluding carboxylic acids is 2. The van der Waals surface area contributed by atoms with Crippen molar-refractivity contribution in [2.45, 2.75) is 64.6 Å². The molecule has 0 unspecified atom stereocenters. The van der Waals surface area contributed by atoms with Crippen molar-refractivity contribution in [2.24, 2.45) is 5.73 Å². The Morgan fingerprint density at radius 3 is 2.28 bits per heavy atom. The average molecular weight is 255 g/mol.